The molecule has 0 spiro atoms. The first-order valence-corrected chi connectivity index (χ1v) is 3.79. The van der Waals surface area contributed by atoms with Crippen molar-refractivity contribution in [1.82, 2.24) is 15.2 Å². The zero-order valence-electron chi connectivity index (χ0n) is 5.39. The minimum Gasteiger partial charge on any atom is -0.305 e. The van der Waals surface area contributed by atoms with Gasteiger partial charge in [-0.15, -0.1) is 0 Å². The third kappa shape index (κ3) is 0.970. The van der Waals surface area contributed by atoms with Crippen molar-refractivity contribution in [2.24, 2.45) is 0 Å². The molecule has 0 atom stereocenters. The Morgan fingerprint density at radius 2 is 2.27 bits per heavy atom. The van der Waals surface area contributed by atoms with Gasteiger partial charge >= 0.3 is 0 Å². The number of fused-ring (bicyclic) bond motifs is 1. The largest absolute Gasteiger partial charge is 0.305 e. The number of nitrogens with one attached hydrogen (secondary N) is 2. The maximum Gasteiger partial charge on any atom is 0.249 e. The molecular weight excluding hydrogens is 210 g/mol. The Morgan fingerprint density at radius 3 is 3.09 bits per heavy atom. The number of pyridine rings is 1. The van der Waals surface area contributed by atoms with E-state index in [0.29, 0.717) is 5.65 Å². The van der Waals surface area contributed by atoms with E-state index in [0.717, 1.165) is 9.99 Å². The van der Waals surface area contributed by atoms with E-state index in [1.54, 1.807) is 6.07 Å². The van der Waals surface area contributed by atoms with E-state index in [2.05, 4.69) is 31.1 Å². The molecule has 4 nitrogen and oxygen atoms in total. The van der Waals surface area contributed by atoms with Crippen LogP contribution in [0, 0.1) is 0 Å². The van der Waals surface area contributed by atoms with Gasteiger partial charge in [0.05, 0.1) is 5.39 Å². The summed E-state index contributed by atoms with van der Waals surface area (Å²) in [6.45, 7) is 0. The maximum atomic E-state index is 10.8. The van der Waals surface area contributed by atoms with Crippen LogP contribution in [0.15, 0.2) is 21.5 Å². The van der Waals surface area contributed by atoms with E-state index in [9.17, 15) is 4.79 Å². The molecule has 11 heavy (non-hydrogen) atoms. The predicted molar refractivity (Wildman–Crippen MR) is 44.4 cm³/mol. The van der Waals surface area contributed by atoms with Gasteiger partial charge in [0.25, 0.3) is 0 Å². The van der Waals surface area contributed by atoms with Crippen LogP contribution in [-0.2, 0) is 0 Å². The summed E-state index contributed by atoms with van der Waals surface area (Å²) in [7, 11) is 0. The van der Waals surface area contributed by atoms with Gasteiger partial charge < -0.3 is 4.98 Å². The van der Waals surface area contributed by atoms with Gasteiger partial charge in [-0.1, -0.05) is 0 Å². The van der Waals surface area contributed by atoms with Crippen molar-refractivity contribution < 1.29 is 0 Å². The summed E-state index contributed by atoms with van der Waals surface area (Å²) < 4.78 is 0.781. The normalized spacial score (nSPS) is 10.6. The van der Waals surface area contributed by atoms with E-state index in [-0.39, 0.29) is 5.56 Å². The Hall–Kier alpha value is -1.10. The SMILES string of the molecule is O=c1ccc2c(Br)[nH]nc2[nH]1. The van der Waals surface area contributed by atoms with Gasteiger partial charge in [0.15, 0.2) is 5.65 Å². The predicted octanol–water partition coefficient (Wildman–Crippen LogP) is 1.01. The number of rotatable bonds is 0. The van der Waals surface area contributed by atoms with Crippen molar-refractivity contribution in [2.45, 2.75) is 0 Å². The van der Waals surface area contributed by atoms with Crippen molar-refractivity contribution >= 4 is 27.0 Å². The number of hydrogen-bond acceptors (Lipinski definition) is 2. The summed E-state index contributed by atoms with van der Waals surface area (Å²) in [5.74, 6) is 0. The molecule has 0 fully saturated rings. The first-order valence-electron chi connectivity index (χ1n) is 3.00. The standard InChI is InChI=1S/C6H4BrN3O/c7-5-3-1-2-4(11)8-6(3)10-9-5/h1-2H,(H2,8,9,10,11). The lowest BCUT2D eigenvalue weighted by Gasteiger charge is -1.84. The summed E-state index contributed by atoms with van der Waals surface area (Å²) >= 11 is 3.25. The summed E-state index contributed by atoms with van der Waals surface area (Å²) in [5, 5.41) is 7.43. The van der Waals surface area contributed by atoms with Crippen molar-refractivity contribution in [1.29, 1.82) is 0 Å². The Bertz CT molecular complexity index is 444. The van der Waals surface area contributed by atoms with Crippen LogP contribution in [0.2, 0.25) is 0 Å². The number of aromatic amines is 2. The van der Waals surface area contributed by atoms with Crippen LogP contribution in [0.25, 0.3) is 11.0 Å². The molecule has 0 aliphatic carbocycles. The molecule has 0 radical (unpaired) electrons. The van der Waals surface area contributed by atoms with Crippen LogP contribution >= 0.6 is 15.9 Å². The first-order chi connectivity index (χ1) is 5.27. The van der Waals surface area contributed by atoms with Crippen molar-refractivity contribution in [3.63, 3.8) is 0 Å². The van der Waals surface area contributed by atoms with Crippen LogP contribution in [0.1, 0.15) is 0 Å². The van der Waals surface area contributed by atoms with Crippen LogP contribution in [0.5, 0.6) is 0 Å². The summed E-state index contributed by atoms with van der Waals surface area (Å²) in [6, 6.07) is 3.17. The second kappa shape index (κ2) is 2.20. The van der Waals surface area contributed by atoms with E-state index < -0.39 is 0 Å². The highest BCUT2D eigenvalue weighted by atomic mass is 79.9. The Kier molecular flexibility index (Phi) is 1.32. The first kappa shape index (κ1) is 6.60. The molecule has 2 heterocycles. The molecule has 2 rings (SSSR count). The minimum atomic E-state index is -0.142. The van der Waals surface area contributed by atoms with Crippen molar-refractivity contribution in [3.05, 3.63) is 27.1 Å². The number of H-pyrrole nitrogens is 2. The molecule has 2 aromatic rings. The smallest absolute Gasteiger partial charge is 0.249 e. The van der Waals surface area contributed by atoms with E-state index >= 15 is 0 Å². The number of aromatic nitrogens is 3. The second-order valence-electron chi connectivity index (χ2n) is 2.12. The van der Waals surface area contributed by atoms with Crippen LogP contribution < -0.4 is 5.56 Å². The third-order valence-electron chi connectivity index (χ3n) is 1.40. The number of halogens is 1. The van der Waals surface area contributed by atoms with Gasteiger partial charge in [-0.05, 0) is 22.0 Å². The molecule has 0 saturated heterocycles. The number of nitrogens with zero attached hydrogens (tertiary/aromatic N) is 1. The fraction of sp³-hybridized carbons (Fsp3) is 0. The lowest BCUT2D eigenvalue weighted by atomic mass is 10.4. The fourth-order valence-electron chi connectivity index (χ4n) is 0.894. The monoisotopic (exact) mass is 213 g/mol. The zero-order valence-corrected chi connectivity index (χ0v) is 6.97. The molecule has 5 heteroatoms. The van der Waals surface area contributed by atoms with Crippen LogP contribution in [0.4, 0.5) is 0 Å². The second-order valence-corrected chi connectivity index (χ2v) is 2.92. The van der Waals surface area contributed by atoms with Crippen molar-refractivity contribution in [3.8, 4) is 0 Å². The fourth-order valence-corrected chi connectivity index (χ4v) is 1.30. The minimum absolute atomic E-state index is 0.142. The lowest BCUT2D eigenvalue weighted by Crippen LogP contribution is -2.01. The summed E-state index contributed by atoms with van der Waals surface area (Å²) in [6.07, 6.45) is 0. The Morgan fingerprint density at radius 1 is 1.45 bits per heavy atom. The Labute approximate surface area is 69.8 Å². The van der Waals surface area contributed by atoms with Crippen LogP contribution in [0.3, 0.4) is 0 Å². The quantitative estimate of drug-likeness (QED) is 0.687. The van der Waals surface area contributed by atoms with E-state index in [1.165, 1.54) is 6.07 Å². The molecule has 0 aliphatic rings. The molecule has 2 aromatic heterocycles. The molecule has 0 unspecified atom stereocenters. The summed E-state index contributed by atoms with van der Waals surface area (Å²) in [4.78, 5) is 13.4. The molecule has 0 amide bonds. The highest BCUT2D eigenvalue weighted by molar-refractivity contribution is 9.10. The lowest BCUT2D eigenvalue weighted by molar-refractivity contribution is 1.07. The Balaban J connectivity index is 2.96. The molecule has 0 aromatic carbocycles. The number of hydrogen-bond donors (Lipinski definition) is 2. The highest BCUT2D eigenvalue weighted by Gasteiger charge is 2.00. The van der Waals surface area contributed by atoms with E-state index in [4.69, 9.17) is 0 Å². The van der Waals surface area contributed by atoms with Gasteiger partial charge in [-0.25, -0.2) is 0 Å². The molecule has 56 valence electrons. The van der Waals surface area contributed by atoms with Crippen molar-refractivity contribution in [2.75, 3.05) is 0 Å². The highest BCUT2D eigenvalue weighted by Crippen LogP contribution is 2.16. The molecule has 0 bridgehead atoms. The molecule has 0 aliphatic heterocycles. The van der Waals surface area contributed by atoms with Gasteiger partial charge in [-0.2, -0.15) is 5.10 Å². The van der Waals surface area contributed by atoms with Crippen LogP contribution in [-0.4, -0.2) is 15.2 Å². The van der Waals surface area contributed by atoms with Gasteiger partial charge in [0.2, 0.25) is 5.56 Å². The molecule has 0 saturated carbocycles. The summed E-state index contributed by atoms with van der Waals surface area (Å²) in [5.41, 5.74) is 0.431. The zero-order chi connectivity index (χ0) is 7.84. The molecular formula is C6H4BrN3O. The van der Waals surface area contributed by atoms with Gasteiger partial charge in [0, 0.05) is 6.07 Å². The average Bonchev–Trinajstić information content (AvgIpc) is 2.32. The molecule has 2 N–H and O–H groups in total. The topological polar surface area (TPSA) is 61.5 Å². The van der Waals surface area contributed by atoms with Gasteiger partial charge in [-0.3, -0.25) is 9.89 Å². The average molecular weight is 214 g/mol. The van der Waals surface area contributed by atoms with Gasteiger partial charge in [0.1, 0.15) is 4.60 Å². The van der Waals surface area contributed by atoms with E-state index in [1.807, 2.05) is 0 Å². The third-order valence-corrected chi connectivity index (χ3v) is 2.00. The maximum absolute atomic E-state index is 10.8.